The van der Waals surface area contributed by atoms with E-state index in [1.165, 1.54) is 141 Å². The molecular formula is C40H84N2O6P+. The summed E-state index contributed by atoms with van der Waals surface area (Å²) >= 11 is 0. The molecular weight excluding hydrogens is 635 g/mol. The molecule has 3 N–H and O–H groups in total. The monoisotopic (exact) mass is 720 g/mol. The molecule has 0 aromatic heterocycles. The maximum absolute atomic E-state index is 12.4. The summed E-state index contributed by atoms with van der Waals surface area (Å²) in [6, 6.07) is -0.749. The molecule has 0 saturated carbocycles. The maximum atomic E-state index is 12.4. The molecule has 0 aromatic carbocycles. The van der Waals surface area contributed by atoms with Gasteiger partial charge in [0.25, 0.3) is 0 Å². The Labute approximate surface area is 304 Å². The molecule has 3 unspecified atom stereocenters. The molecule has 49 heavy (non-hydrogen) atoms. The molecule has 0 saturated heterocycles. The third-order valence-electron chi connectivity index (χ3n) is 9.61. The van der Waals surface area contributed by atoms with Crippen molar-refractivity contribution in [3.63, 3.8) is 0 Å². The number of likely N-dealkylation sites (N-methyl/N-ethyl adjacent to an activating group) is 1. The zero-order chi connectivity index (χ0) is 36.5. The van der Waals surface area contributed by atoms with Crippen molar-refractivity contribution >= 4 is 13.7 Å². The van der Waals surface area contributed by atoms with Crippen molar-refractivity contribution in [3.05, 3.63) is 0 Å². The fourth-order valence-electron chi connectivity index (χ4n) is 6.20. The molecule has 0 rings (SSSR count). The largest absolute Gasteiger partial charge is 0.472 e. The first-order valence-corrected chi connectivity index (χ1v) is 22.4. The van der Waals surface area contributed by atoms with E-state index in [0.717, 1.165) is 32.1 Å². The molecule has 9 heteroatoms. The third kappa shape index (κ3) is 35.7. The van der Waals surface area contributed by atoms with Gasteiger partial charge in [0, 0.05) is 6.42 Å². The molecule has 0 aromatic rings. The lowest BCUT2D eigenvalue weighted by Crippen LogP contribution is -2.46. The average molecular weight is 720 g/mol. The minimum absolute atomic E-state index is 0.0763. The number of carbonyl (C=O) groups excluding carboxylic acids is 1. The molecule has 8 nitrogen and oxygen atoms in total. The summed E-state index contributed by atoms with van der Waals surface area (Å²) in [6.07, 6.45) is 35.4. The van der Waals surface area contributed by atoms with Gasteiger partial charge in [0.05, 0.1) is 39.9 Å². The lowest BCUT2D eigenvalue weighted by molar-refractivity contribution is -0.870. The van der Waals surface area contributed by atoms with Crippen molar-refractivity contribution in [2.75, 3.05) is 40.9 Å². The van der Waals surface area contributed by atoms with Crippen molar-refractivity contribution in [3.8, 4) is 0 Å². The number of carbonyl (C=O) groups is 1. The first kappa shape index (κ1) is 48.5. The Morgan fingerprint density at radius 3 is 1.35 bits per heavy atom. The normalized spacial score (nSPS) is 14.5. The second-order valence-corrected chi connectivity index (χ2v) is 17.2. The molecule has 0 heterocycles. The van der Waals surface area contributed by atoms with Crippen LogP contribution in [0.4, 0.5) is 0 Å². The van der Waals surface area contributed by atoms with Gasteiger partial charge >= 0.3 is 7.82 Å². The Bertz CT molecular complexity index is 778. The second kappa shape index (κ2) is 33.3. The predicted octanol–water partition coefficient (Wildman–Crippen LogP) is 11.0. The quantitative estimate of drug-likeness (QED) is 0.0333. The number of phosphoric ester groups is 1. The van der Waals surface area contributed by atoms with E-state index in [2.05, 4.69) is 12.2 Å². The van der Waals surface area contributed by atoms with Crippen LogP contribution in [0.15, 0.2) is 0 Å². The number of rotatable bonds is 38. The molecule has 1 amide bonds. The Balaban J connectivity index is 3.83. The number of nitrogens with one attached hydrogen (secondary N) is 1. The fraction of sp³-hybridized carbons (Fsp3) is 0.975. The van der Waals surface area contributed by atoms with Crippen LogP contribution in [0.2, 0.25) is 0 Å². The first-order valence-electron chi connectivity index (χ1n) is 20.9. The SMILES string of the molecule is CCCCCCCCCCCCCCCCCCCCCCCCCCCC(O)C(COP(=O)(O)OCC[N+](C)(C)C)NC(=O)CCCC. The third-order valence-corrected chi connectivity index (χ3v) is 10.6. The van der Waals surface area contributed by atoms with E-state index in [9.17, 15) is 19.4 Å². The van der Waals surface area contributed by atoms with Crippen LogP contribution in [0, 0.1) is 0 Å². The molecule has 0 spiro atoms. The van der Waals surface area contributed by atoms with Crippen LogP contribution in [-0.2, 0) is 18.4 Å². The van der Waals surface area contributed by atoms with Crippen LogP contribution in [0.5, 0.6) is 0 Å². The van der Waals surface area contributed by atoms with Gasteiger partial charge in [0.15, 0.2) is 0 Å². The molecule has 0 fully saturated rings. The highest BCUT2D eigenvalue weighted by atomic mass is 31.2. The Kier molecular flexibility index (Phi) is 33.0. The zero-order valence-electron chi connectivity index (χ0n) is 33.2. The van der Waals surface area contributed by atoms with Crippen LogP contribution in [0.3, 0.4) is 0 Å². The minimum Gasteiger partial charge on any atom is -0.391 e. The van der Waals surface area contributed by atoms with Gasteiger partial charge < -0.3 is 19.8 Å². The number of amides is 1. The van der Waals surface area contributed by atoms with Crippen LogP contribution in [-0.4, -0.2) is 73.4 Å². The highest BCUT2D eigenvalue weighted by Crippen LogP contribution is 2.43. The van der Waals surface area contributed by atoms with Gasteiger partial charge in [0.1, 0.15) is 13.2 Å². The summed E-state index contributed by atoms with van der Waals surface area (Å²) in [6.45, 7) is 4.66. The number of phosphoric acid groups is 1. The summed E-state index contributed by atoms with van der Waals surface area (Å²) in [5.74, 6) is -0.178. The van der Waals surface area contributed by atoms with Crippen LogP contribution >= 0.6 is 7.82 Å². The number of unbranched alkanes of at least 4 members (excludes halogenated alkanes) is 25. The molecule has 0 radical (unpaired) electrons. The van der Waals surface area contributed by atoms with Crippen molar-refractivity contribution in [1.82, 2.24) is 5.32 Å². The molecule has 0 bridgehead atoms. The highest BCUT2D eigenvalue weighted by molar-refractivity contribution is 7.47. The van der Waals surface area contributed by atoms with Gasteiger partial charge in [-0.3, -0.25) is 13.8 Å². The van der Waals surface area contributed by atoms with Gasteiger partial charge in [0.2, 0.25) is 5.91 Å². The van der Waals surface area contributed by atoms with E-state index in [1.54, 1.807) is 0 Å². The van der Waals surface area contributed by atoms with E-state index < -0.39 is 20.0 Å². The van der Waals surface area contributed by atoms with Crippen molar-refractivity contribution in [1.29, 1.82) is 0 Å². The molecule has 0 aliphatic heterocycles. The number of nitrogens with zero attached hydrogens (tertiary/aromatic N) is 1. The van der Waals surface area contributed by atoms with Crippen LogP contribution in [0.1, 0.15) is 200 Å². The lowest BCUT2D eigenvalue weighted by Gasteiger charge is -2.26. The number of quaternary nitrogens is 1. The Morgan fingerprint density at radius 2 is 0.980 bits per heavy atom. The van der Waals surface area contributed by atoms with E-state index in [4.69, 9.17) is 9.05 Å². The molecule has 0 aliphatic carbocycles. The summed E-state index contributed by atoms with van der Waals surface area (Å²) in [5, 5.41) is 13.7. The smallest absolute Gasteiger partial charge is 0.391 e. The Morgan fingerprint density at radius 1 is 0.612 bits per heavy atom. The summed E-state index contributed by atoms with van der Waals surface area (Å²) in [5.41, 5.74) is 0. The number of aliphatic hydroxyl groups is 1. The summed E-state index contributed by atoms with van der Waals surface area (Å²) < 4.78 is 23.3. The topological polar surface area (TPSA) is 105 Å². The standard InChI is InChI=1S/C40H83N2O6P/c1-6-8-10-11-12-13-14-15-16-17-18-19-20-21-22-23-24-25-26-27-28-29-30-31-32-33-39(43)38(41-40(44)34-9-7-2)37-48-49(45,46)47-36-35-42(3,4)5/h38-39,43H,6-37H2,1-5H3,(H-,41,44,45,46)/p+1. The lowest BCUT2D eigenvalue weighted by atomic mass is 10.0. The van der Waals surface area contributed by atoms with E-state index >= 15 is 0 Å². The van der Waals surface area contributed by atoms with Crippen LogP contribution in [0.25, 0.3) is 0 Å². The van der Waals surface area contributed by atoms with E-state index in [-0.39, 0.29) is 19.1 Å². The summed E-state index contributed by atoms with van der Waals surface area (Å²) in [7, 11) is 1.62. The van der Waals surface area contributed by atoms with Gasteiger partial charge in [-0.25, -0.2) is 4.57 Å². The van der Waals surface area contributed by atoms with Crippen molar-refractivity contribution in [2.45, 2.75) is 212 Å². The molecule has 294 valence electrons. The number of hydrogen-bond acceptors (Lipinski definition) is 5. The number of hydrogen-bond donors (Lipinski definition) is 3. The second-order valence-electron chi connectivity index (χ2n) is 15.7. The van der Waals surface area contributed by atoms with Gasteiger partial charge in [-0.15, -0.1) is 0 Å². The van der Waals surface area contributed by atoms with Gasteiger partial charge in [-0.1, -0.05) is 181 Å². The van der Waals surface area contributed by atoms with Gasteiger partial charge in [-0.2, -0.15) is 0 Å². The zero-order valence-corrected chi connectivity index (χ0v) is 34.1. The predicted molar refractivity (Wildman–Crippen MR) is 208 cm³/mol. The number of aliphatic hydroxyl groups excluding tert-OH is 1. The van der Waals surface area contributed by atoms with E-state index in [1.807, 2.05) is 28.1 Å². The van der Waals surface area contributed by atoms with Gasteiger partial charge in [-0.05, 0) is 12.8 Å². The summed E-state index contributed by atoms with van der Waals surface area (Å²) in [4.78, 5) is 22.5. The fourth-order valence-corrected chi connectivity index (χ4v) is 6.94. The molecule has 3 atom stereocenters. The average Bonchev–Trinajstić information content (AvgIpc) is 3.04. The highest BCUT2D eigenvalue weighted by Gasteiger charge is 2.28. The Hall–Kier alpha value is -0.500. The molecule has 0 aliphatic rings. The van der Waals surface area contributed by atoms with E-state index in [0.29, 0.717) is 23.9 Å². The maximum Gasteiger partial charge on any atom is 0.472 e. The minimum atomic E-state index is -4.28. The van der Waals surface area contributed by atoms with Crippen molar-refractivity contribution in [2.24, 2.45) is 0 Å². The van der Waals surface area contributed by atoms with Crippen LogP contribution < -0.4 is 5.32 Å². The van der Waals surface area contributed by atoms with Crippen molar-refractivity contribution < 1.29 is 32.9 Å². The first-order chi connectivity index (χ1) is 23.5.